The molecule has 1 atom stereocenters. The minimum Gasteiger partial charge on any atom is -0.493 e. The van der Waals surface area contributed by atoms with Gasteiger partial charge in [0.25, 0.3) is 0 Å². The van der Waals surface area contributed by atoms with Crippen molar-refractivity contribution in [3.63, 3.8) is 0 Å². The Kier molecular flexibility index (Phi) is 13.0. The zero-order valence-corrected chi connectivity index (χ0v) is 20.5. The van der Waals surface area contributed by atoms with Crippen LogP contribution in [0, 0.1) is 0 Å². The van der Waals surface area contributed by atoms with Gasteiger partial charge in [-0.2, -0.15) is 0 Å². The smallest absolute Gasteiger partial charge is 0.191 e. The van der Waals surface area contributed by atoms with E-state index in [0.29, 0.717) is 6.04 Å². The number of nitrogens with zero attached hydrogens (tertiary/aromatic N) is 2. The second-order valence-electron chi connectivity index (χ2n) is 6.94. The van der Waals surface area contributed by atoms with E-state index in [1.54, 1.807) is 14.2 Å². The Morgan fingerprint density at radius 1 is 1.17 bits per heavy atom. The van der Waals surface area contributed by atoms with Crippen molar-refractivity contribution in [1.82, 2.24) is 15.5 Å². The van der Waals surface area contributed by atoms with Crippen molar-refractivity contribution in [2.75, 3.05) is 60.2 Å². The Morgan fingerprint density at radius 3 is 2.55 bits per heavy atom. The molecule has 2 rings (SSSR count). The molecular weight excluding hydrogens is 483 g/mol. The minimum atomic E-state index is 0. The van der Waals surface area contributed by atoms with Crippen molar-refractivity contribution in [1.29, 1.82) is 0 Å². The van der Waals surface area contributed by atoms with Gasteiger partial charge in [0.1, 0.15) is 0 Å². The summed E-state index contributed by atoms with van der Waals surface area (Å²) in [5, 5.41) is 6.77. The van der Waals surface area contributed by atoms with Gasteiger partial charge in [-0.25, -0.2) is 0 Å². The third-order valence-electron chi connectivity index (χ3n) is 4.91. The molecule has 1 heterocycles. The number of methoxy groups -OCH3 is 2. The number of aliphatic imine (C=N–C) groups is 1. The molecule has 1 saturated heterocycles. The Labute approximate surface area is 192 Å². The molecular formula is C21H37IN4O3. The monoisotopic (exact) mass is 520 g/mol. The van der Waals surface area contributed by atoms with Crippen molar-refractivity contribution < 1.29 is 14.2 Å². The van der Waals surface area contributed by atoms with E-state index in [9.17, 15) is 0 Å². The van der Waals surface area contributed by atoms with Gasteiger partial charge in [-0.15, -0.1) is 24.0 Å². The molecule has 0 saturated carbocycles. The first kappa shape index (κ1) is 25.8. The van der Waals surface area contributed by atoms with Crippen molar-refractivity contribution >= 4 is 29.9 Å². The van der Waals surface area contributed by atoms with Gasteiger partial charge >= 0.3 is 0 Å². The number of benzene rings is 1. The second-order valence-corrected chi connectivity index (χ2v) is 6.94. The number of morpholine rings is 1. The van der Waals surface area contributed by atoms with Crippen LogP contribution in [0.2, 0.25) is 0 Å². The lowest BCUT2D eigenvalue weighted by molar-refractivity contribution is 0.0220. The van der Waals surface area contributed by atoms with Gasteiger partial charge in [0.15, 0.2) is 17.5 Å². The topological polar surface area (TPSA) is 67.4 Å². The molecule has 1 fully saturated rings. The summed E-state index contributed by atoms with van der Waals surface area (Å²) in [5.74, 6) is 2.43. The van der Waals surface area contributed by atoms with Crippen LogP contribution in [0.1, 0.15) is 25.8 Å². The highest BCUT2D eigenvalue weighted by molar-refractivity contribution is 14.0. The maximum atomic E-state index is 5.43. The first-order valence-electron chi connectivity index (χ1n) is 10.2. The summed E-state index contributed by atoms with van der Waals surface area (Å²) in [5.41, 5.74) is 1.24. The van der Waals surface area contributed by atoms with E-state index >= 15 is 0 Å². The van der Waals surface area contributed by atoms with E-state index in [1.807, 2.05) is 12.1 Å². The third kappa shape index (κ3) is 8.96. The number of hydrogen-bond donors (Lipinski definition) is 2. The summed E-state index contributed by atoms with van der Waals surface area (Å²) in [6.45, 7) is 10.5. The van der Waals surface area contributed by atoms with Gasteiger partial charge in [-0.3, -0.25) is 9.89 Å². The van der Waals surface area contributed by atoms with E-state index in [2.05, 4.69) is 35.4 Å². The van der Waals surface area contributed by atoms with Gasteiger partial charge in [0.05, 0.1) is 34.0 Å². The predicted molar refractivity (Wildman–Crippen MR) is 129 cm³/mol. The van der Waals surface area contributed by atoms with E-state index in [4.69, 9.17) is 19.2 Å². The van der Waals surface area contributed by atoms with Crippen molar-refractivity contribution in [3.05, 3.63) is 23.8 Å². The molecule has 166 valence electrons. The number of halogens is 1. The molecule has 29 heavy (non-hydrogen) atoms. The van der Waals surface area contributed by atoms with Crippen LogP contribution in [-0.4, -0.2) is 77.1 Å². The lowest BCUT2D eigenvalue weighted by Crippen LogP contribution is -2.44. The van der Waals surface area contributed by atoms with Gasteiger partial charge in [0, 0.05) is 32.2 Å². The number of hydrogen-bond acceptors (Lipinski definition) is 5. The fraction of sp³-hybridized carbons (Fsp3) is 0.667. The SMILES string of the molecule is CCNC(=NCC(C)N1CCOCC1)NCCCc1ccc(OC)c(OC)c1.I. The molecule has 0 bridgehead atoms. The zero-order chi connectivity index (χ0) is 20.2. The number of guanidine groups is 1. The van der Waals surface area contributed by atoms with Crippen LogP contribution >= 0.6 is 24.0 Å². The average Bonchev–Trinajstić information content (AvgIpc) is 2.75. The van der Waals surface area contributed by atoms with Crippen LogP contribution in [-0.2, 0) is 11.2 Å². The largest absolute Gasteiger partial charge is 0.493 e. The maximum Gasteiger partial charge on any atom is 0.191 e. The molecule has 1 aromatic rings. The molecule has 1 aromatic carbocycles. The normalized spacial score (nSPS) is 15.9. The number of rotatable bonds is 10. The summed E-state index contributed by atoms with van der Waals surface area (Å²) in [6, 6.07) is 6.51. The van der Waals surface area contributed by atoms with Crippen LogP contribution in [0.4, 0.5) is 0 Å². The fourth-order valence-corrected chi connectivity index (χ4v) is 3.23. The molecule has 0 spiro atoms. The summed E-state index contributed by atoms with van der Waals surface area (Å²) in [4.78, 5) is 7.20. The van der Waals surface area contributed by atoms with Crippen molar-refractivity contribution in [3.8, 4) is 11.5 Å². The first-order chi connectivity index (χ1) is 13.7. The number of aryl methyl sites for hydroxylation is 1. The van der Waals surface area contributed by atoms with Crippen molar-refractivity contribution in [2.45, 2.75) is 32.7 Å². The lowest BCUT2D eigenvalue weighted by atomic mass is 10.1. The van der Waals surface area contributed by atoms with E-state index in [-0.39, 0.29) is 24.0 Å². The van der Waals surface area contributed by atoms with Gasteiger partial charge < -0.3 is 24.8 Å². The summed E-state index contributed by atoms with van der Waals surface area (Å²) < 4.78 is 16.1. The molecule has 0 aliphatic carbocycles. The Morgan fingerprint density at radius 2 is 1.90 bits per heavy atom. The fourth-order valence-electron chi connectivity index (χ4n) is 3.23. The highest BCUT2D eigenvalue weighted by atomic mass is 127. The molecule has 7 nitrogen and oxygen atoms in total. The van der Waals surface area contributed by atoms with E-state index < -0.39 is 0 Å². The van der Waals surface area contributed by atoms with Gasteiger partial charge in [-0.05, 0) is 44.4 Å². The van der Waals surface area contributed by atoms with Crippen molar-refractivity contribution in [2.24, 2.45) is 4.99 Å². The molecule has 1 aliphatic heterocycles. The third-order valence-corrected chi connectivity index (χ3v) is 4.91. The van der Waals surface area contributed by atoms with E-state index in [1.165, 1.54) is 5.56 Å². The minimum absolute atomic E-state index is 0. The lowest BCUT2D eigenvalue weighted by Gasteiger charge is -2.31. The Bertz CT molecular complexity index is 610. The van der Waals surface area contributed by atoms with Crippen LogP contribution < -0.4 is 20.1 Å². The maximum absolute atomic E-state index is 5.43. The number of nitrogens with one attached hydrogen (secondary N) is 2. The standard InChI is InChI=1S/C21H36N4O3.HI/c1-5-22-21(24-16-17(2)25-11-13-28-14-12-25)23-10-6-7-18-8-9-19(26-3)20(15-18)27-4;/h8-9,15,17H,5-7,10-14,16H2,1-4H3,(H2,22,23,24);1H. The first-order valence-corrected chi connectivity index (χ1v) is 10.2. The average molecular weight is 520 g/mol. The van der Waals surface area contributed by atoms with E-state index in [0.717, 1.165) is 76.2 Å². The molecule has 0 radical (unpaired) electrons. The highest BCUT2D eigenvalue weighted by Gasteiger charge is 2.16. The van der Waals surface area contributed by atoms with Crippen LogP contribution in [0.25, 0.3) is 0 Å². The second kappa shape index (κ2) is 14.7. The zero-order valence-electron chi connectivity index (χ0n) is 18.2. The highest BCUT2D eigenvalue weighted by Crippen LogP contribution is 2.27. The van der Waals surface area contributed by atoms with Crippen LogP contribution in [0.15, 0.2) is 23.2 Å². The molecule has 8 heteroatoms. The van der Waals surface area contributed by atoms with Crippen LogP contribution in [0.5, 0.6) is 11.5 Å². The Balaban J connectivity index is 0.00000420. The van der Waals surface area contributed by atoms with Crippen LogP contribution in [0.3, 0.4) is 0 Å². The van der Waals surface area contributed by atoms with Gasteiger partial charge in [0.2, 0.25) is 0 Å². The summed E-state index contributed by atoms with van der Waals surface area (Å²) in [7, 11) is 3.32. The summed E-state index contributed by atoms with van der Waals surface area (Å²) in [6.07, 6.45) is 1.98. The molecule has 1 aliphatic rings. The quantitative estimate of drug-likeness (QED) is 0.214. The molecule has 0 amide bonds. The molecule has 1 unspecified atom stereocenters. The molecule has 0 aromatic heterocycles. The van der Waals surface area contributed by atoms with Gasteiger partial charge in [-0.1, -0.05) is 6.07 Å². The number of ether oxygens (including phenoxy) is 3. The predicted octanol–water partition coefficient (Wildman–Crippen LogP) is 2.53. The Hall–Kier alpha value is -1.26. The molecule has 2 N–H and O–H groups in total. The summed E-state index contributed by atoms with van der Waals surface area (Å²) >= 11 is 0.